The zero-order valence-corrected chi connectivity index (χ0v) is 22.5. The monoisotopic (exact) mass is 698 g/mol. The van der Waals surface area contributed by atoms with Crippen molar-refractivity contribution in [1.82, 2.24) is 5.39 Å². The second-order valence-corrected chi connectivity index (χ2v) is 8.22. The molecule has 0 spiro atoms. The highest BCUT2D eigenvalue weighted by molar-refractivity contribution is 5.65. The van der Waals surface area contributed by atoms with Gasteiger partial charge in [0.1, 0.15) is 0 Å². The Labute approximate surface area is 260 Å². The first-order chi connectivity index (χ1) is 22.7. The maximum Gasteiger partial charge on any atom is 0.423 e. The Morgan fingerprint density at radius 3 is 0.755 bits per heavy atom. The first kappa shape index (κ1) is 35.1. The molecule has 0 saturated carbocycles. The van der Waals surface area contributed by atoms with Crippen molar-refractivity contribution in [3.05, 3.63) is 112 Å². The lowest BCUT2D eigenvalue weighted by Crippen LogP contribution is -2.33. The topological polar surface area (TPSA) is 419 Å². The summed E-state index contributed by atoms with van der Waals surface area (Å²) in [6.45, 7) is 0. The van der Waals surface area contributed by atoms with E-state index in [4.69, 9.17) is 0 Å². The molecule has 0 aliphatic carbocycles. The van der Waals surface area contributed by atoms with Crippen LogP contribution in [0.15, 0.2) is 36.4 Å². The molecule has 0 aliphatic heterocycles. The van der Waals surface area contributed by atoms with Gasteiger partial charge in [-0.1, -0.05) is 0 Å². The standard InChI is InChI=1S/C18H6N10O21/c29-16-10(22(38)39)1-7(19(32)33)4-13(16)25(44)47-28(48-26(45)14-5-8(20(34)35)2-11(17(14)30)23(40)41)49-27(46)15-6-9(21(36)37)3-12(18(15)31)24(42)43/h1-6H. The summed E-state index contributed by atoms with van der Waals surface area (Å²) in [6, 6.07) is 0.300. The molecule has 3 aromatic rings. The summed E-state index contributed by atoms with van der Waals surface area (Å²) in [5.41, 5.74) is -14.1. The smallest absolute Gasteiger partial charge is 0.423 e. The minimum Gasteiger partial charge on any atom is -0.863 e. The summed E-state index contributed by atoms with van der Waals surface area (Å²) in [7, 11) is 0. The van der Waals surface area contributed by atoms with E-state index in [2.05, 4.69) is 14.8 Å². The van der Waals surface area contributed by atoms with E-state index >= 15 is 0 Å². The third-order valence-electron chi connectivity index (χ3n) is 5.34. The normalized spacial score (nSPS) is 10.5. The van der Waals surface area contributed by atoms with E-state index in [0.29, 0.717) is 0 Å². The van der Waals surface area contributed by atoms with Crippen LogP contribution in [0.4, 0.5) is 51.2 Å². The molecule has 49 heavy (non-hydrogen) atoms. The lowest BCUT2D eigenvalue weighted by atomic mass is 10.2. The largest absolute Gasteiger partial charge is 0.863 e. The first-order valence-corrected chi connectivity index (χ1v) is 11.4. The van der Waals surface area contributed by atoms with Crippen molar-refractivity contribution in [2.24, 2.45) is 0 Å². The van der Waals surface area contributed by atoms with Crippen molar-refractivity contribution in [2.45, 2.75) is 0 Å². The van der Waals surface area contributed by atoms with Crippen LogP contribution < -0.4 is 15.3 Å². The summed E-state index contributed by atoms with van der Waals surface area (Å²) < 4.78 is 0. The van der Waals surface area contributed by atoms with Gasteiger partial charge >= 0.3 is 22.5 Å². The molecule has 0 unspecified atom stereocenters. The van der Waals surface area contributed by atoms with Gasteiger partial charge in [0.25, 0.3) is 48.9 Å². The minimum absolute atomic E-state index is 0.0176. The molecule has 0 radical (unpaired) electrons. The third-order valence-corrected chi connectivity index (χ3v) is 5.34. The second kappa shape index (κ2) is 13.3. The SMILES string of the molecule is O=[N+]([O-])c1cc([N+](=O)[O-])c([O-])c([N+](=O)ON(O[N+](=O)c2cc([N+](=O)[O-])cc([N+](=O)[O-])c2[O-])O[N+](=O)c2cc([N+](=O)[O-])cc([N+](=O)[O-])c2[O-])c1. The number of rotatable bonds is 15. The maximum atomic E-state index is 12.7. The van der Waals surface area contributed by atoms with Gasteiger partial charge in [-0.05, 0) is 14.8 Å². The number of hydrogen-bond acceptors (Lipinski definition) is 22. The predicted octanol–water partition coefficient (Wildman–Crippen LogP) is 0.830. The highest BCUT2D eigenvalue weighted by atomic mass is 17.3. The van der Waals surface area contributed by atoms with Crippen LogP contribution in [-0.4, -0.2) is 49.7 Å². The molecular weight excluding hydrogens is 692 g/mol. The fourth-order valence-electron chi connectivity index (χ4n) is 3.24. The molecule has 0 aliphatic rings. The first-order valence-electron chi connectivity index (χ1n) is 11.4. The van der Waals surface area contributed by atoms with Crippen LogP contribution in [0.1, 0.15) is 0 Å². The quantitative estimate of drug-likeness (QED) is 0.156. The van der Waals surface area contributed by atoms with Gasteiger partial charge in [0.05, 0.1) is 97.9 Å². The molecule has 3 rings (SSSR count). The Morgan fingerprint density at radius 2 is 0.571 bits per heavy atom. The van der Waals surface area contributed by atoms with Crippen LogP contribution >= 0.6 is 0 Å². The molecule has 31 nitrogen and oxygen atoms in total. The van der Waals surface area contributed by atoms with Gasteiger partial charge in [-0.3, -0.25) is 60.7 Å². The van der Waals surface area contributed by atoms with Gasteiger partial charge in [-0.25, -0.2) is 0 Å². The lowest BCUT2D eigenvalue weighted by molar-refractivity contribution is -1.02. The number of non-ortho nitro benzene ring substituents is 3. The zero-order valence-electron chi connectivity index (χ0n) is 22.5. The number of hydrogen-bond donors (Lipinski definition) is 0. The van der Waals surface area contributed by atoms with Gasteiger partial charge in [0.2, 0.25) is 0 Å². The Morgan fingerprint density at radius 1 is 0.367 bits per heavy atom. The van der Waals surface area contributed by atoms with E-state index < -0.39 is 118 Å². The minimum atomic E-state index is -1.96. The number of nitro benzene ring substituents is 6. The van der Waals surface area contributed by atoms with E-state index in [1.54, 1.807) is 0 Å². The molecule has 31 heteroatoms. The molecular formula is C18H6N10O21. The van der Waals surface area contributed by atoms with Crippen molar-refractivity contribution < 1.29 is 74.4 Å². The molecule has 0 saturated heterocycles. The van der Waals surface area contributed by atoms with Crippen LogP contribution in [0.2, 0.25) is 0 Å². The molecule has 0 N–H and O–H groups in total. The summed E-state index contributed by atoms with van der Waals surface area (Å²) >= 11 is 0. The fraction of sp³-hybridized carbons (Fsp3) is 0. The number of nitro groups is 6. The average Bonchev–Trinajstić information content (AvgIpc) is 3.00. The molecule has 0 atom stereocenters. The molecule has 3 aromatic carbocycles. The van der Waals surface area contributed by atoms with E-state index in [-0.39, 0.29) is 36.4 Å². The third kappa shape index (κ3) is 7.30. The predicted molar refractivity (Wildman–Crippen MR) is 133 cm³/mol. The lowest BCUT2D eigenvalue weighted by Gasteiger charge is -2.09. The molecule has 0 bridgehead atoms. The fourth-order valence-corrected chi connectivity index (χ4v) is 3.24. The van der Waals surface area contributed by atoms with Crippen LogP contribution in [0.25, 0.3) is 0 Å². The van der Waals surface area contributed by atoms with E-state index in [9.17, 15) is 90.7 Å². The molecule has 0 fully saturated rings. The van der Waals surface area contributed by atoms with Gasteiger partial charge in [0, 0.05) is 0 Å². The van der Waals surface area contributed by atoms with Crippen LogP contribution in [0, 0.1) is 75.4 Å². The van der Waals surface area contributed by atoms with Crippen molar-refractivity contribution in [2.75, 3.05) is 0 Å². The average molecular weight is 698 g/mol. The van der Waals surface area contributed by atoms with Gasteiger partial charge in [-0.15, -0.1) is 0 Å². The van der Waals surface area contributed by atoms with E-state index in [1.807, 2.05) is 0 Å². The van der Waals surface area contributed by atoms with Crippen molar-refractivity contribution >= 4 is 51.2 Å². The van der Waals surface area contributed by atoms with Gasteiger partial charge in [0.15, 0.2) is 0 Å². The number of nitrogens with zero attached hydrogens (tertiary/aromatic N) is 10. The highest BCUT2D eigenvalue weighted by Crippen LogP contribution is 2.41. The number of benzene rings is 3. The molecule has 0 aromatic heterocycles. The van der Waals surface area contributed by atoms with Crippen LogP contribution in [0.5, 0.6) is 17.2 Å². The Kier molecular flexibility index (Phi) is 9.54. The van der Waals surface area contributed by atoms with Gasteiger partial charge in [-0.2, -0.15) is 0 Å². The zero-order chi connectivity index (χ0) is 37.1. The van der Waals surface area contributed by atoms with E-state index in [1.165, 1.54) is 0 Å². The summed E-state index contributed by atoms with van der Waals surface area (Å²) in [5, 5.41) is 103. The summed E-state index contributed by atoms with van der Waals surface area (Å²) in [4.78, 5) is 105. The van der Waals surface area contributed by atoms with E-state index in [0.717, 1.165) is 0 Å². The van der Waals surface area contributed by atoms with Crippen molar-refractivity contribution in [3.63, 3.8) is 0 Å². The van der Waals surface area contributed by atoms with Crippen LogP contribution in [-0.2, 0) is 14.8 Å². The summed E-state index contributed by atoms with van der Waals surface area (Å²) in [6.07, 6.45) is 0. The molecule has 0 heterocycles. The Hall–Kier alpha value is -8.38. The van der Waals surface area contributed by atoms with Crippen LogP contribution in [0.3, 0.4) is 0 Å². The highest BCUT2D eigenvalue weighted by Gasteiger charge is 2.44. The molecule has 0 amide bonds. The van der Waals surface area contributed by atoms with Gasteiger partial charge < -0.3 is 15.3 Å². The molecule has 254 valence electrons. The second-order valence-electron chi connectivity index (χ2n) is 8.22. The van der Waals surface area contributed by atoms with Crippen molar-refractivity contribution in [1.29, 1.82) is 0 Å². The maximum absolute atomic E-state index is 12.7. The van der Waals surface area contributed by atoms with Crippen molar-refractivity contribution in [3.8, 4) is 17.2 Å². The Balaban J connectivity index is 2.17. The summed E-state index contributed by atoms with van der Waals surface area (Å²) in [5.74, 6) is -5.89. The Bertz CT molecular complexity index is 1800.